The van der Waals surface area contributed by atoms with Gasteiger partial charge in [0.05, 0.1) is 12.0 Å². The Morgan fingerprint density at radius 2 is 2.16 bits per heavy atom. The zero-order chi connectivity index (χ0) is 13.7. The van der Waals surface area contributed by atoms with Gasteiger partial charge in [0.2, 0.25) is 6.79 Å². The standard InChI is InChI=1S/C11H13NO6S/c13-19(14,15)5-1-4-18-12-7-9-2-3-10-11(6-9)17-8-16-10/h2-3,6-7H,1,4-5,8H2,(H,13,14,15)/b12-7+. The Kier molecular flexibility index (Phi) is 4.23. The van der Waals surface area contributed by atoms with Crippen LogP contribution in [0.3, 0.4) is 0 Å². The van der Waals surface area contributed by atoms with E-state index in [0.29, 0.717) is 11.5 Å². The van der Waals surface area contributed by atoms with Gasteiger partial charge >= 0.3 is 0 Å². The topological polar surface area (TPSA) is 94.4 Å². The molecule has 0 aliphatic carbocycles. The van der Waals surface area contributed by atoms with Gasteiger partial charge in [-0.25, -0.2) is 0 Å². The van der Waals surface area contributed by atoms with Gasteiger partial charge in [0, 0.05) is 12.0 Å². The Labute approximate surface area is 110 Å². The number of oxime groups is 1. The summed E-state index contributed by atoms with van der Waals surface area (Å²) >= 11 is 0. The Morgan fingerprint density at radius 1 is 1.37 bits per heavy atom. The second-order valence-electron chi connectivity index (χ2n) is 3.82. The van der Waals surface area contributed by atoms with Gasteiger partial charge in [0.1, 0.15) is 6.61 Å². The highest BCUT2D eigenvalue weighted by Crippen LogP contribution is 2.31. The molecule has 7 nitrogen and oxygen atoms in total. The van der Waals surface area contributed by atoms with Crippen molar-refractivity contribution in [3.05, 3.63) is 23.8 Å². The fraction of sp³-hybridized carbons (Fsp3) is 0.364. The van der Waals surface area contributed by atoms with E-state index in [1.54, 1.807) is 18.2 Å². The molecule has 1 N–H and O–H groups in total. The molecule has 0 unspecified atom stereocenters. The molecule has 0 radical (unpaired) electrons. The second kappa shape index (κ2) is 5.89. The number of fused-ring (bicyclic) bond motifs is 1. The lowest BCUT2D eigenvalue weighted by molar-refractivity contribution is 0.146. The van der Waals surface area contributed by atoms with Crippen LogP contribution in [0.2, 0.25) is 0 Å². The van der Waals surface area contributed by atoms with Crippen LogP contribution in [0.1, 0.15) is 12.0 Å². The summed E-state index contributed by atoms with van der Waals surface area (Å²) in [4.78, 5) is 4.87. The van der Waals surface area contributed by atoms with E-state index >= 15 is 0 Å². The number of nitrogens with zero attached hydrogens (tertiary/aromatic N) is 1. The summed E-state index contributed by atoms with van der Waals surface area (Å²) in [5.74, 6) is 0.994. The van der Waals surface area contributed by atoms with Crippen molar-refractivity contribution >= 4 is 16.3 Å². The Morgan fingerprint density at radius 3 is 2.95 bits per heavy atom. The van der Waals surface area contributed by atoms with Crippen LogP contribution in [0.4, 0.5) is 0 Å². The lowest BCUT2D eigenvalue weighted by Gasteiger charge is -1.99. The van der Waals surface area contributed by atoms with E-state index in [-0.39, 0.29) is 25.6 Å². The van der Waals surface area contributed by atoms with Gasteiger partial charge in [-0.05, 0) is 18.2 Å². The first-order valence-electron chi connectivity index (χ1n) is 5.55. The first kappa shape index (κ1) is 13.6. The number of hydrogen-bond donors (Lipinski definition) is 1. The van der Waals surface area contributed by atoms with Crippen LogP contribution in [0.25, 0.3) is 0 Å². The second-order valence-corrected chi connectivity index (χ2v) is 5.39. The van der Waals surface area contributed by atoms with E-state index in [1.165, 1.54) is 6.21 Å². The van der Waals surface area contributed by atoms with E-state index < -0.39 is 10.1 Å². The smallest absolute Gasteiger partial charge is 0.264 e. The summed E-state index contributed by atoms with van der Waals surface area (Å²) in [6.45, 7) is 0.322. The molecule has 1 aliphatic rings. The first-order chi connectivity index (χ1) is 9.04. The van der Waals surface area contributed by atoms with Gasteiger partial charge in [0.15, 0.2) is 11.5 Å². The molecule has 0 saturated carbocycles. The van der Waals surface area contributed by atoms with Crippen molar-refractivity contribution in [2.45, 2.75) is 6.42 Å². The molecule has 104 valence electrons. The zero-order valence-corrected chi connectivity index (χ0v) is 10.8. The van der Waals surface area contributed by atoms with Crippen molar-refractivity contribution in [3.63, 3.8) is 0 Å². The predicted molar refractivity (Wildman–Crippen MR) is 67.1 cm³/mol. The van der Waals surface area contributed by atoms with Crippen molar-refractivity contribution in [3.8, 4) is 11.5 Å². The van der Waals surface area contributed by atoms with Crippen LogP contribution in [-0.4, -0.2) is 38.3 Å². The lowest BCUT2D eigenvalue weighted by atomic mass is 10.2. The molecule has 19 heavy (non-hydrogen) atoms. The van der Waals surface area contributed by atoms with Gasteiger partial charge in [-0.1, -0.05) is 5.16 Å². The Hall–Kier alpha value is -1.80. The van der Waals surface area contributed by atoms with Crippen LogP contribution < -0.4 is 9.47 Å². The molecule has 1 aromatic carbocycles. The van der Waals surface area contributed by atoms with Crippen molar-refractivity contribution in [2.75, 3.05) is 19.2 Å². The molecule has 0 spiro atoms. The minimum atomic E-state index is -3.93. The molecule has 0 saturated heterocycles. The summed E-state index contributed by atoms with van der Waals surface area (Å²) in [7, 11) is -3.93. The van der Waals surface area contributed by atoms with Crippen LogP contribution in [-0.2, 0) is 15.0 Å². The summed E-state index contributed by atoms with van der Waals surface area (Å²) in [5.41, 5.74) is 0.777. The summed E-state index contributed by atoms with van der Waals surface area (Å²) in [6, 6.07) is 5.31. The Balaban J connectivity index is 1.77. The Bertz CT molecular complexity index is 569. The molecule has 1 heterocycles. The van der Waals surface area contributed by atoms with E-state index in [4.69, 9.17) is 18.9 Å². The minimum absolute atomic E-state index is 0.112. The molecular weight excluding hydrogens is 274 g/mol. The van der Waals surface area contributed by atoms with Gasteiger partial charge in [0.25, 0.3) is 10.1 Å². The monoisotopic (exact) mass is 287 g/mol. The van der Waals surface area contributed by atoms with Crippen LogP contribution in [0.5, 0.6) is 11.5 Å². The molecule has 8 heteroatoms. The number of hydrogen-bond acceptors (Lipinski definition) is 6. The number of benzene rings is 1. The normalized spacial score (nSPS) is 13.9. The third-order valence-corrected chi connectivity index (χ3v) is 3.12. The van der Waals surface area contributed by atoms with Crippen molar-refractivity contribution < 1.29 is 27.3 Å². The molecule has 0 bridgehead atoms. The molecule has 2 rings (SSSR count). The van der Waals surface area contributed by atoms with Crippen molar-refractivity contribution in [1.29, 1.82) is 0 Å². The van der Waals surface area contributed by atoms with Crippen molar-refractivity contribution in [2.24, 2.45) is 5.16 Å². The minimum Gasteiger partial charge on any atom is -0.454 e. The van der Waals surface area contributed by atoms with E-state index in [2.05, 4.69) is 5.16 Å². The predicted octanol–water partition coefficient (Wildman–Crippen LogP) is 1.04. The quantitative estimate of drug-likeness (QED) is 0.363. The molecular formula is C11H13NO6S. The van der Waals surface area contributed by atoms with Gasteiger partial charge < -0.3 is 14.3 Å². The summed E-state index contributed by atoms with van der Waals surface area (Å²) in [5, 5.41) is 3.69. The maximum absolute atomic E-state index is 10.4. The van der Waals surface area contributed by atoms with E-state index in [9.17, 15) is 8.42 Å². The summed E-state index contributed by atoms with van der Waals surface area (Å²) < 4.78 is 39.7. The maximum atomic E-state index is 10.4. The number of ether oxygens (including phenoxy) is 2. The largest absolute Gasteiger partial charge is 0.454 e. The maximum Gasteiger partial charge on any atom is 0.264 e. The summed E-state index contributed by atoms with van der Waals surface area (Å²) in [6.07, 6.45) is 1.66. The van der Waals surface area contributed by atoms with Crippen LogP contribution in [0.15, 0.2) is 23.4 Å². The molecule has 1 aromatic rings. The average Bonchev–Trinajstić information content (AvgIpc) is 2.79. The van der Waals surface area contributed by atoms with Crippen LogP contribution >= 0.6 is 0 Å². The highest BCUT2D eigenvalue weighted by Gasteiger charge is 2.12. The third-order valence-electron chi connectivity index (χ3n) is 2.31. The number of rotatable bonds is 6. The SMILES string of the molecule is O=S(=O)(O)CCCO/N=C/c1ccc2c(c1)OCO2. The average molecular weight is 287 g/mol. The highest BCUT2D eigenvalue weighted by atomic mass is 32.2. The highest BCUT2D eigenvalue weighted by molar-refractivity contribution is 7.85. The molecule has 0 aromatic heterocycles. The zero-order valence-electron chi connectivity index (χ0n) is 9.98. The van der Waals surface area contributed by atoms with Gasteiger partial charge in [-0.2, -0.15) is 8.42 Å². The fourth-order valence-electron chi connectivity index (χ4n) is 1.45. The van der Waals surface area contributed by atoms with Gasteiger partial charge in [-0.3, -0.25) is 4.55 Å². The lowest BCUT2D eigenvalue weighted by Crippen LogP contribution is -2.06. The first-order valence-corrected chi connectivity index (χ1v) is 7.16. The van der Waals surface area contributed by atoms with Crippen molar-refractivity contribution in [1.82, 2.24) is 0 Å². The third kappa shape index (κ3) is 4.42. The molecule has 0 atom stereocenters. The molecule has 0 fully saturated rings. The van der Waals surface area contributed by atoms with E-state index in [1.807, 2.05) is 0 Å². The molecule has 1 aliphatic heterocycles. The fourth-order valence-corrected chi connectivity index (χ4v) is 1.93. The van der Waals surface area contributed by atoms with Gasteiger partial charge in [-0.15, -0.1) is 0 Å². The van der Waals surface area contributed by atoms with Crippen LogP contribution in [0, 0.1) is 0 Å². The molecule has 0 amide bonds. The van der Waals surface area contributed by atoms with E-state index in [0.717, 1.165) is 5.56 Å².